The Balaban J connectivity index is 1.93. The van der Waals surface area contributed by atoms with E-state index in [-0.39, 0.29) is 6.54 Å². The summed E-state index contributed by atoms with van der Waals surface area (Å²) in [6, 6.07) is 1.74. The monoisotopic (exact) mass is 317 g/mol. The van der Waals surface area contributed by atoms with Crippen LogP contribution in [0.5, 0.6) is 0 Å². The van der Waals surface area contributed by atoms with E-state index in [0.29, 0.717) is 13.0 Å². The zero-order valence-corrected chi connectivity index (χ0v) is 13.0. The molecular weight excluding hydrogens is 298 g/mol. The number of carbonyl (C=O) groups excluding carboxylic acids is 1. The summed E-state index contributed by atoms with van der Waals surface area (Å²) in [7, 11) is -3.52. The van der Waals surface area contributed by atoms with Crippen molar-refractivity contribution in [1.82, 2.24) is 14.7 Å². The summed E-state index contributed by atoms with van der Waals surface area (Å²) in [4.78, 5) is 13.6. The molecule has 0 aliphatic carbocycles. The van der Waals surface area contributed by atoms with Gasteiger partial charge in [0, 0.05) is 18.9 Å². The number of hydrogen-bond donors (Lipinski definition) is 0. The van der Waals surface area contributed by atoms with E-state index < -0.39 is 28.0 Å². The highest BCUT2D eigenvalue weighted by molar-refractivity contribution is 7.86. The normalized spacial score (nSPS) is 19.8. The summed E-state index contributed by atoms with van der Waals surface area (Å²) >= 11 is 0. The van der Waals surface area contributed by atoms with Crippen LogP contribution >= 0.6 is 0 Å². The first-order chi connectivity index (χ1) is 9.67. The third kappa shape index (κ3) is 4.18. The molecule has 0 unspecified atom stereocenters. The molecule has 0 saturated carbocycles. The fraction of sp³-hybridized carbons (Fsp3) is 0.667. The van der Waals surface area contributed by atoms with Gasteiger partial charge >= 0.3 is 6.09 Å². The zero-order chi connectivity index (χ0) is 15.7. The first kappa shape index (κ1) is 15.8. The van der Waals surface area contributed by atoms with Crippen molar-refractivity contribution in [2.24, 2.45) is 0 Å². The summed E-state index contributed by atoms with van der Waals surface area (Å²) in [6.07, 6.45) is 3.73. The average molecular weight is 317 g/mol. The molecule has 0 radical (unpaired) electrons. The van der Waals surface area contributed by atoms with Crippen molar-refractivity contribution >= 4 is 16.2 Å². The highest BCUT2D eigenvalue weighted by Gasteiger charge is 2.34. The predicted octanol–water partition coefficient (Wildman–Crippen LogP) is 0.763. The smallest absolute Gasteiger partial charge is 0.412 e. The van der Waals surface area contributed by atoms with E-state index in [1.54, 1.807) is 32.3 Å². The second-order valence-corrected chi connectivity index (χ2v) is 7.02. The number of likely N-dealkylation sites (tertiary alicyclic amines) is 1. The molecule has 2 heterocycles. The van der Waals surface area contributed by atoms with Gasteiger partial charge in [-0.05, 0) is 26.3 Å². The fourth-order valence-corrected chi connectivity index (χ4v) is 2.78. The van der Waals surface area contributed by atoms with E-state index in [2.05, 4.69) is 5.10 Å². The molecule has 1 atom stereocenters. The van der Waals surface area contributed by atoms with Crippen LogP contribution in [0.4, 0.5) is 4.79 Å². The Morgan fingerprint density at radius 1 is 1.43 bits per heavy atom. The van der Waals surface area contributed by atoms with Crippen molar-refractivity contribution in [2.45, 2.75) is 32.1 Å². The molecule has 0 bridgehead atoms. The van der Waals surface area contributed by atoms with E-state index in [1.807, 2.05) is 0 Å². The van der Waals surface area contributed by atoms with Crippen molar-refractivity contribution in [3.63, 3.8) is 0 Å². The van der Waals surface area contributed by atoms with Gasteiger partial charge in [-0.3, -0.25) is 4.18 Å². The molecule has 1 fully saturated rings. The van der Waals surface area contributed by atoms with Crippen LogP contribution in [-0.4, -0.2) is 54.6 Å². The van der Waals surface area contributed by atoms with Crippen molar-refractivity contribution in [3.05, 3.63) is 18.5 Å². The standard InChI is InChI=1S/C12H19N3O5S/c1-12(2,15-7-4-6-13-15)19-11(16)14-8-5-10(9-14)20-21(3,17)18/h4,6-7,10H,5,8-9H2,1-3H3/t10-/m0/s1. The molecule has 9 heteroatoms. The lowest BCUT2D eigenvalue weighted by molar-refractivity contribution is -0.0450. The summed E-state index contributed by atoms with van der Waals surface area (Å²) in [5.41, 5.74) is -0.920. The maximum Gasteiger partial charge on any atom is 0.412 e. The topological polar surface area (TPSA) is 90.7 Å². The fourth-order valence-electron chi connectivity index (χ4n) is 2.13. The van der Waals surface area contributed by atoms with Crippen molar-refractivity contribution in [2.75, 3.05) is 19.3 Å². The first-order valence-electron chi connectivity index (χ1n) is 6.54. The Hall–Kier alpha value is -1.61. The molecule has 1 aromatic heterocycles. The minimum Gasteiger partial charge on any atom is -0.421 e. The van der Waals surface area contributed by atoms with Gasteiger partial charge < -0.3 is 9.64 Å². The first-order valence-corrected chi connectivity index (χ1v) is 8.35. The van der Waals surface area contributed by atoms with Crippen LogP contribution in [-0.2, 0) is 24.8 Å². The predicted molar refractivity (Wildman–Crippen MR) is 73.9 cm³/mol. The molecule has 118 valence electrons. The molecule has 8 nitrogen and oxygen atoms in total. The minimum atomic E-state index is -3.52. The highest BCUT2D eigenvalue weighted by atomic mass is 32.2. The van der Waals surface area contributed by atoms with Gasteiger partial charge in [-0.15, -0.1) is 0 Å². The lowest BCUT2D eigenvalue weighted by Crippen LogP contribution is -2.39. The van der Waals surface area contributed by atoms with Gasteiger partial charge in [0.25, 0.3) is 10.1 Å². The van der Waals surface area contributed by atoms with Crippen LogP contribution in [0.25, 0.3) is 0 Å². The van der Waals surface area contributed by atoms with E-state index in [0.717, 1.165) is 6.26 Å². The summed E-state index contributed by atoms with van der Waals surface area (Å²) < 4.78 is 34.0. The summed E-state index contributed by atoms with van der Waals surface area (Å²) in [5, 5.41) is 4.05. The van der Waals surface area contributed by atoms with E-state index in [9.17, 15) is 13.2 Å². The minimum absolute atomic E-state index is 0.196. The number of rotatable bonds is 4. The molecule has 0 spiro atoms. The molecule has 1 aromatic rings. The third-order valence-corrected chi connectivity index (χ3v) is 3.73. The number of carbonyl (C=O) groups is 1. The Bertz CT molecular complexity index is 596. The van der Waals surface area contributed by atoms with Crippen LogP contribution in [0.1, 0.15) is 20.3 Å². The van der Waals surface area contributed by atoms with Crippen molar-refractivity contribution in [3.8, 4) is 0 Å². The van der Waals surface area contributed by atoms with Gasteiger partial charge in [0.05, 0.1) is 18.9 Å². The molecular formula is C12H19N3O5S. The quantitative estimate of drug-likeness (QED) is 0.762. The molecule has 1 saturated heterocycles. The Labute approximate surface area is 123 Å². The number of ether oxygens (including phenoxy) is 1. The van der Waals surface area contributed by atoms with Crippen molar-refractivity contribution < 1.29 is 22.1 Å². The second kappa shape index (κ2) is 5.64. The highest BCUT2D eigenvalue weighted by Crippen LogP contribution is 2.21. The van der Waals surface area contributed by atoms with Crippen LogP contribution in [0.3, 0.4) is 0 Å². The lowest BCUT2D eigenvalue weighted by atomic mass is 10.3. The van der Waals surface area contributed by atoms with Gasteiger partial charge in [-0.2, -0.15) is 13.5 Å². The average Bonchev–Trinajstić information content (AvgIpc) is 2.95. The van der Waals surface area contributed by atoms with Crippen LogP contribution in [0.15, 0.2) is 18.5 Å². The third-order valence-electron chi connectivity index (χ3n) is 3.11. The van der Waals surface area contributed by atoms with Crippen LogP contribution in [0, 0.1) is 0 Å². The van der Waals surface area contributed by atoms with E-state index in [1.165, 1.54) is 9.58 Å². The lowest BCUT2D eigenvalue weighted by Gasteiger charge is -2.28. The van der Waals surface area contributed by atoms with Gasteiger partial charge in [0.2, 0.25) is 5.72 Å². The maximum absolute atomic E-state index is 12.1. The number of aromatic nitrogens is 2. The summed E-state index contributed by atoms with van der Waals surface area (Å²) in [6.45, 7) is 4.03. The Kier molecular flexibility index (Phi) is 4.24. The van der Waals surface area contributed by atoms with E-state index >= 15 is 0 Å². The molecule has 0 N–H and O–H groups in total. The zero-order valence-electron chi connectivity index (χ0n) is 12.2. The molecule has 21 heavy (non-hydrogen) atoms. The van der Waals surface area contributed by atoms with Crippen LogP contribution < -0.4 is 0 Å². The van der Waals surface area contributed by atoms with Crippen LogP contribution in [0.2, 0.25) is 0 Å². The molecule has 1 aliphatic rings. The Morgan fingerprint density at radius 2 is 2.14 bits per heavy atom. The summed E-state index contributed by atoms with van der Waals surface area (Å²) in [5.74, 6) is 0. The molecule has 2 rings (SSSR count). The Morgan fingerprint density at radius 3 is 2.71 bits per heavy atom. The largest absolute Gasteiger partial charge is 0.421 e. The second-order valence-electron chi connectivity index (χ2n) is 5.42. The molecule has 1 aliphatic heterocycles. The number of hydrogen-bond acceptors (Lipinski definition) is 6. The van der Waals surface area contributed by atoms with Gasteiger partial charge in [-0.25, -0.2) is 9.48 Å². The van der Waals surface area contributed by atoms with E-state index in [4.69, 9.17) is 8.92 Å². The maximum atomic E-state index is 12.1. The van der Waals surface area contributed by atoms with Gasteiger partial charge in [0.15, 0.2) is 0 Å². The molecule has 0 aromatic carbocycles. The van der Waals surface area contributed by atoms with Crippen molar-refractivity contribution in [1.29, 1.82) is 0 Å². The van der Waals surface area contributed by atoms with Gasteiger partial charge in [-0.1, -0.05) is 0 Å². The number of nitrogens with zero attached hydrogens (tertiary/aromatic N) is 3. The van der Waals surface area contributed by atoms with Gasteiger partial charge in [0.1, 0.15) is 0 Å². The number of amides is 1. The molecule has 1 amide bonds. The SMILES string of the molecule is CC(C)(OC(=O)N1CC[C@H](OS(C)(=O)=O)C1)n1cccn1.